The second-order valence-electron chi connectivity index (χ2n) is 6.78. The van der Waals surface area contributed by atoms with Crippen LogP contribution in [0.1, 0.15) is 38.7 Å². The lowest BCUT2D eigenvalue weighted by molar-refractivity contribution is -0.144. The molecule has 0 bridgehead atoms. The zero-order valence-corrected chi connectivity index (χ0v) is 15.5. The van der Waals surface area contributed by atoms with E-state index in [-0.39, 0.29) is 24.3 Å². The van der Waals surface area contributed by atoms with E-state index in [0.29, 0.717) is 17.4 Å². The monoisotopic (exact) mass is 363 g/mol. The number of esters is 1. The Bertz CT molecular complexity index is 674. The van der Waals surface area contributed by atoms with Crippen molar-refractivity contribution in [3.05, 3.63) is 35.7 Å². The van der Waals surface area contributed by atoms with Gasteiger partial charge in [-0.25, -0.2) is 9.18 Å². The summed E-state index contributed by atoms with van der Waals surface area (Å²) in [5.41, 5.74) is 0.495. The maximum Gasteiger partial charge on any atom is 0.331 e. The highest BCUT2D eigenvalue weighted by atomic mass is 19.1. The van der Waals surface area contributed by atoms with Crippen LogP contribution in [-0.4, -0.2) is 31.6 Å². The quantitative estimate of drug-likeness (QED) is 0.622. The molecule has 2 rings (SSSR count). The molecule has 1 aromatic rings. The van der Waals surface area contributed by atoms with Crippen LogP contribution in [0.3, 0.4) is 0 Å². The van der Waals surface area contributed by atoms with Gasteiger partial charge in [0.25, 0.3) is 5.91 Å². The minimum atomic E-state index is -0.651. The Morgan fingerprint density at radius 1 is 1.31 bits per heavy atom. The summed E-state index contributed by atoms with van der Waals surface area (Å²) in [6.07, 6.45) is 5.82. The van der Waals surface area contributed by atoms with Gasteiger partial charge in [0.15, 0.2) is 18.2 Å². The number of nitrogens with one attached hydrogen (secondary N) is 1. The molecule has 142 valence electrons. The number of carbonyl (C=O) groups is 2. The summed E-state index contributed by atoms with van der Waals surface area (Å²) in [5.74, 6) is -0.349. The van der Waals surface area contributed by atoms with E-state index in [0.717, 1.165) is 12.8 Å². The number of hydrogen-bond donors (Lipinski definition) is 1. The summed E-state index contributed by atoms with van der Waals surface area (Å²) in [4.78, 5) is 23.7. The van der Waals surface area contributed by atoms with Gasteiger partial charge in [-0.1, -0.05) is 32.8 Å². The number of ether oxygens (including phenoxy) is 2. The molecule has 0 heterocycles. The summed E-state index contributed by atoms with van der Waals surface area (Å²) >= 11 is 0. The van der Waals surface area contributed by atoms with E-state index >= 15 is 0 Å². The number of hydrogen-bond acceptors (Lipinski definition) is 4. The lowest BCUT2D eigenvalue weighted by Crippen LogP contribution is -2.45. The zero-order valence-electron chi connectivity index (χ0n) is 15.5. The maximum atomic E-state index is 13.6. The molecular formula is C20H26FNO4. The predicted octanol–water partition coefficient (Wildman–Crippen LogP) is 3.33. The van der Waals surface area contributed by atoms with Gasteiger partial charge in [-0.2, -0.15) is 0 Å². The highest BCUT2D eigenvalue weighted by molar-refractivity contribution is 5.89. The number of methoxy groups -OCH3 is 1. The Labute approximate surface area is 153 Å². The molecule has 0 radical (unpaired) electrons. The van der Waals surface area contributed by atoms with Crippen LogP contribution in [0.2, 0.25) is 0 Å². The van der Waals surface area contributed by atoms with Gasteiger partial charge < -0.3 is 14.8 Å². The fourth-order valence-electron chi connectivity index (χ4n) is 3.17. The molecule has 3 atom stereocenters. The van der Waals surface area contributed by atoms with Gasteiger partial charge in [-0.3, -0.25) is 4.79 Å². The number of rotatable bonds is 6. The third-order valence-electron chi connectivity index (χ3n) is 4.99. The molecule has 6 heteroatoms. The van der Waals surface area contributed by atoms with Gasteiger partial charge in [-0.15, -0.1) is 0 Å². The van der Waals surface area contributed by atoms with Crippen molar-refractivity contribution in [2.45, 2.75) is 39.2 Å². The smallest absolute Gasteiger partial charge is 0.331 e. The van der Waals surface area contributed by atoms with Crippen molar-refractivity contribution >= 4 is 18.0 Å². The zero-order chi connectivity index (χ0) is 19.1. The molecule has 1 saturated carbocycles. The molecule has 5 nitrogen and oxygen atoms in total. The van der Waals surface area contributed by atoms with Crippen molar-refractivity contribution in [3.8, 4) is 5.75 Å². The molecule has 1 amide bonds. The van der Waals surface area contributed by atoms with Gasteiger partial charge in [-0.05, 0) is 42.0 Å². The molecule has 0 spiro atoms. The van der Waals surface area contributed by atoms with Crippen molar-refractivity contribution in [3.63, 3.8) is 0 Å². The van der Waals surface area contributed by atoms with Crippen molar-refractivity contribution in [2.24, 2.45) is 11.8 Å². The van der Waals surface area contributed by atoms with Crippen molar-refractivity contribution in [2.75, 3.05) is 13.7 Å². The van der Waals surface area contributed by atoms with E-state index in [9.17, 15) is 14.0 Å². The van der Waals surface area contributed by atoms with Gasteiger partial charge in [0.2, 0.25) is 0 Å². The highest BCUT2D eigenvalue weighted by Gasteiger charge is 2.28. The largest absolute Gasteiger partial charge is 0.494 e. The summed E-state index contributed by atoms with van der Waals surface area (Å²) in [7, 11) is 1.38. The molecule has 0 saturated heterocycles. The topological polar surface area (TPSA) is 64.6 Å². The van der Waals surface area contributed by atoms with Crippen molar-refractivity contribution in [1.29, 1.82) is 0 Å². The second-order valence-corrected chi connectivity index (χ2v) is 6.78. The van der Waals surface area contributed by atoms with E-state index in [1.807, 2.05) is 0 Å². The van der Waals surface area contributed by atoms with E-state index in [1.165, 1.54) is 37.8 Å². The number of carbonyl (C=O) groups excluding carboxylic acids is 2. The highest BCUT2D eigenvalue weighted by Crippen LogP contribution is 2.29. The molecule has 1 fully saturated rings. The minimum absolute atomic E-state index is 0.128. The Morgan fingerprint density at radius 3 is 2.77 bits per heavy atom. The fraction of sp³-hybridized carbons (Fsp3) is 0.500. The van der Waals surface area contributed by atoms with E-state index in [1.54, 1.807) is 6.07 Å². The molecule has 0 aromatic heterocycles. The number of halogens is 1. The van der Waals surface area contributed by atoms with Gasteiger partial charge >= 0.3 is 5.97 Å². The first-order chi connectivity index (χ1) is 12.4. The predicted molar refractivity (Wildman–Crippen MR) is 97.1 cm³/mol. The first-order valence-corrected chi connectivity index (χ1v) is 8.88. The molecule has 0 aliphatic heterocycles. The Morgan fingerprint density at radius 2 is 2.08 bits per heavy atom. The average molecular weight is 363 g/mol. The van der Waals surface area contributed by atoms with Crippen LogP contribution in [0.5, 0.6) is 5.75 Å². The number of benzene rings is 1. The summed E-state index contributed by atoms with van der Waals surface area (Å²) in [6.45, 7) is 4.01. The van der Waals surface area contributed by atoms with Crippen LogP contribution < -0.4 is 10.1 Å². The SMILES string of the molecule is COc1ccc(/C=C/C(=O)OCC(=O)N[C@H]2CCC[C@@H](C)[C@H]2C)cc1F. The normalized spacial score (nSPS) is 22.8. The first kappa shape index (κ1) is 19.9. The van der Waals surface area contributed by atoms with Crippen molar-refractivity contribution in [1.82, 2.24) is 5.32 Å². The Hall–Kier alpha value is -2.37. The standard InChI is InChI=1S/C20H26FNO4/c1-13-5-4-6-17(14(13)2)22-19(23)12-26-20(24)10-8-15-7-9-18(25-3)16(21)11-15/h7-11,13-14,17H,4-6,12H2,1-3H3,(H,22,23)/b10-8+/t13-,14-,17+/m1/s1. The Kier molecular flexibility index (Phi) is 7.18. The average Bonchev–Trinajstić information content (AvgIpc) is 2.62. The van der Waals surface area contributed by atoms with Crippen LogP contribution in [0.4, 0.5) is 4.39 Å². The van der Waals surface area contributed by atoms with Crippen molar-refractivity contribution < 1.29 is 23.5 Å². The maximum absolute atomic E-state index is 13.6. The third kappa shape index (κ3) is 5.58. The number of amides is 1. The van der Waals surface area contributed by atoms with E-state index in [4.69, 9.17) is 9.47 Å². The van der Waals surface area contributed by atoms with Gasteiger partial charge in [0.1, 0.15) is 0 Å². The summed E-state index contributed by atoms with van der Waals surface area (Å²) in [5, 5.41) is 2.94. The lowest BCUT2D eigenvalue weighted by Gasteiger charge is -2.34. The third-order valence-corrected chi connectivity index (χ3v) is 4.99. The summed E-state index contributed by atoms with van der Waals surface area (Å²) < 4.78 is 23.4. The fourth-order valence-corrected chi connectivity index (χ4v) is 3.17. The molecule has 26 heavy (non-hydrogen) atoms. The van der Waals surface area contributed by atoms with Crippen LogP contribution in [-0.2, 0) is 14.3 Å². The molecule has 1 aliphatic rings. The van der Waals surface area contributed by atoms with Gasteiger partial charge in [0, 0.05) is 12.1 Å². The molecule has 1 N–H and O–H groups in total. The molecule has 1 aromatic carbocycles. The van der Waals surface area contributed by atoms with Crippen LogP contribution in [0.15, 0.2) is 24.3 Å². The molecule has 1 aliphatic carbocycles. The van der Waals surface area contributed by atoms with Gasteiger partial charge in [0.05, 0.1) is 7.11 Å². The van der Waals surface area contributed by atoms with E-state index < -0.39 is 11.8 Å². The second kappa shape index (κ2) is 9.36. The molecular weight excluding hydrogens is 337 g/mol. The van der Waals surface area contributed by atoms with Crippen LogP contribution >= 0.6 is 0 Å². The molecule has 0 unspecified atom stereocenters. The Balaban J connectivity index is 1.79. The van der Waals surface area contributed by atoms with Crippen LogP contribution in [0.25, 0.3) is 6.08 Å². The minimum Gasteiger partial charge on any atom is -0.494 e. The first-order valence-electron chi connectivity index (χ1n) is 8.88. The lowest BCUT2D eigenvalue weighted by atomic mass is 9.78. The summed E-state index contributed by atoms with van der Waals surface area (Å²) in [6, 6.07) is 4.47. The van der Waals surface area contributed by atoms with Crippen LogP contribution in [0, 0.1) is 17.7 Å². The van der Waals surface area contributed by atoms with E-state index in [2.05, 4.69) is 19.2 Å².